The van der Waals surface area contributed by atoms with Crippen LogP contribution in [0.2, 0.25) is 5.02 Å². The molecule has 502 valence electrons. The van der Waals surface area contributed by atoms with Crippen LogP contribution in [0.4, 0.5) is 25.8 Å². The van der Waals surface area contributed by atoms with Crippen LogP contribution in [0.15, 0.2) is 165 Å². The number of aromatic nitrogens is 3. The zero-order valence-corrected chi connectivity index (χ0v) is 56.3. The number of nitrogens with zero attached hydrogens (tertiary/aromatic N) is 12. The number of hydrogen-bond donors (Lipinski definition) is 0. The first-order valence-corrected chi connectivity index (χ1v) is 35.0. The number of amides is 3. The molecule has 5 aliphatic rings. The lowest BCUT2D eigenvalue weighted by molar-refractivity contribution is -0.141. The van der Waals surface area contributed by atoms with E-state index in [1.807, 2.05) is 103 Å². The summed E-state index contributed by atoms with van der Waals surface area (Å²) in [6.07, 6.45) is 3.60. The Labute approximate surface area is 581 Å². The Morgan fingerprint density at radius 3 is 1.31 bits per heavy atom. The average molecular weight is 1390 g/mol. The van der Waals surface area contributed by atoms with Crippen LogP contribution in [0.3, 0.4) is 0 Å². The van der Waals surface area contributed by atoms with E-state index < -0.39 is 5.56 Å². The van der Waals surface area contributed by atoms with Gasteiger partial charge < -0.3 is 47.8 Å². The molecule has 3 amide bonds. The number of hydrogen-bond acceptors (Lipinski definition) is 15. The fourth-order valence-corrected chi connectivity index (χ4v) is 15.1. The van der Waals surface area contributed by atoms with Crippen molar-refractivity contribution >= 4 is 102 Å². The molecule has 5 aromatic heterocycles. The zero-order valence-electron chi connectivity index (χ0n) is 53.9. The van der Waals surface area contributed by atoms with Crippen LogP contribution >= 0.6 is 34.3 Å². The number of rotatable bonds is 12. The summed E-state index contributed by atoms with van der Waals surface area (Å²) in [5.74, 6) is -0.0983. The third-order valence-corrected chi connectivity index (χ3v) is 20.8. The molecule has 4 aliphatic heterocycles. The van der Waals surface area contributed by atoms with E-state index in [0.717, 1.165) is 58.0 Å². The molecular weight excluding hydrogens is 1320 g/mol. The zero-order chi connectivity index (χ0) is 68.8. The first-order valence-electron chi connectivity index (χ1n) is 32.9. The van der Waals surface area contributed by atoms with Crippen LogP contribution < -0.4 is 31.4 Å². The summed E-state index contributed by atoms with van der Waals surface area (Å²) in [5, 5.41) is 36.6. The Bertz CT molecular complexity index is 5010. The number of fused-ring (bicyclic) bond motifs is 3. The third kappa shape index (κ3) is 14.2. The van der Waals surface area contributed by atoms with Gasteiger partial charge in [0.2, 0.25) is 0 Å². The standard InChI is InChI=1S/C26H20ClFN4O2S.C26H25FN4O3.C23H22N4O2S/c27-18-5-8-22-20(14-18)24(30-9-11-31(12-10-30)26(34)23-2-1-13-35-23)21(15-29)25(33)32(22)16-17-3-6-19(28)7-4-17;27-19-9-7-18(8-10-19)17-31-22-5-2-1-4-20(22)24(21(16-28)25(31)32)29-11-13-30(14-12-29)26(33)23-6-3-15-34-23;24-14-18-21(25-9-11-26(12-10-25)23(29)20-6-3-13-30-20)17-4-1-2-5-19(17)27(22(18)28)15-16-7-8-16/h1-8,13-14H,9-12,16H2;1-2,4-5,7-10,23H,3,6,11-15,17H2;1-6,13,16H,7-12,15H2. The summed E-state index contributed by atoms with van der Waals surface area (Å²) in [6.45, 7) is 8.05. The Balaban J connectivity index is 0.000000134. The van der Waals surface area contributed by atoms with E-state index in [9.17, 15) is 53.3 Å². The van der Waals surface area contributed by atoms with E-state index in [1.165, 1.54) is 51.5 Å². The van der Waals surface area contributed by atoms with Crippen molar-refractivity contribution in [3.8, 4) is 18.2 Å². The molecular formula is C75H67ClF2N12O7S2. The highest BCUT2D eigenvalue weighted by Crippen LogP contribution is 2.37. The predicted octanol–water partition coefficient (Wildman–Crippen LogP) is 10.9. The molecule has 0 radical (unpaired) electrons. The van der Waals surface area contributed by atoms with Gasteiger partial charge in [-0.15, -0.1) is 22.7 Å². The maximum absolute atomic E-state index is 13.5. The molecule has 0 spiro atoms. The molecule has 19 nitrogen and oxygen atoms in total. The number of anilines is 3. The molecule has 99 heavy (non-hydrogen) atoms. The number of pyridine rings is 3. The molecule has 10 aromatic rings. The maximum Gasteiger partial charge on any atom is 0.271 e. The Morgan fingerprint density at radius 1 is 0.485 bits per heavy atom. The highest BCUT2D eigenvalue weighted by molar-refractivity contribution is 7.12. The first kappa shape index (κ1) is 67.1. The topological polar surface area (TPSA) is 217 Å². The highest BCUT2D eigenvalue weighted by Gasteiger charge is 2.34. The predicted molar refractivity (Wildman–Crippen MR) is 380 cm³/mol. The quantitative estimate of drug-likeness (QED) is 0.111. The summed E-state index contributed by atoms with van der Waals surface area (Å²) in [4.78, 5) is 91.3. The van der Waals surface area contributed by atoms with Gasteiger partial charge in [-0.1, -0.05) is 84.4 Å². The van der Waals surface area contributed by atoms with Gasteiger partial charge in [-0.2, -0.15) is 15.8 Å². The molecule has 9 heterocycles. The molecule has 24 heteroatoms. The number of carbonyl (C=O) groups excluding carboxylic acids is 3. The minimum Gasteiger partial charge on any atom is -0.368 e. The van der Waals surface area contributed by atoms with Crippen molar-refractivity contribution in [3.63, 3.8) is 0 Å². The number of thiophene rings is 2. The molecule has 1 aliphatic carbocycles. The number of piperazine rings is 3. The van der Waals surface area contributed by atoms with Crippen molar-refractivity contribution in [2.24, 2.45) is 5.92 Å². The van der Waals surface area contributed by atoms with E-state index in [4.69, 9.17) is 16.3 Å². The van der Waals surface area contributed by atoms with Crippen LogP contribution in [-0.4, -0.2) is 137 Å². The summed E-state index contributed by atoms with van der Waals surface area (Å²) in [5.41, 5.74) is 4.94. The van der Waals surface area contributed by atoms with Crippen molar-refractivity contribution in [2.45, 2.75) is 51.4 Å². The Morgan fingerprint density at radius 2 is 0.899 bits per heavy atom. The van der Waals surface area contributed by atoms with E-state index in [1.54, 1.807) is 56.5 Å². The molecule has 0 bridgehead atoms. The van der Waals surface area contributed by atoms with Crippen molar-refractivity contribution in [1.82, 2.24) is 28.4 Å². The van der Waals surface area contributed by atoms with Gasteiger partial charge >= 0.3 is 0 Å². The van der Waals surface area contributed by atoms with Crippen LogP contribution in [0.1, 0.15) is 72.8 Å². The van der Waals surface area contributed by atoms with Gasteiger partial charge in [0.25, 0.3) is 34.4 Å². The fourth-order valence-electron chi connectivity index (χ4n) is 13.6. The highest BCUT2D eigenvalue weighted by atomic mass is 35.5. The van der Waals surface area contributed by atoms with Gasteiger partial charge in [-0.25, -0.2) is 8.78 Å². The smallest absolute Gasteiger partial charge is 0.271 e. The second-order valence-electron chi connectivity index (χ2n) is 24.9. The van der Waals surface area contributed by atoms with Crippen LogP contribution in [0.25, 0.3) is 32.7 Å². The number of carbonyl (C=O) groups is 3. The van der Waals surface area contributed by atoms with Crippen LogP contribution in [0, 0.1) is 51.5 Å². The van der Waals surface area contributed by atoms with E-state index >= 15 is 0 Å². The van der Waals surface area contributed by atoms with Crippen molar-refractivity contribution < 1.29 is 27.9 Å². The summed E-state index contributed by atoms with van der Waals surface area (Å²) in [6, 6.07) is 46.4. The Kier molecular flexibility index (Phi) is 20.1. The van der Waals surface area contributed by atoms with Crippen LogP contribution in [-0.2, 0) is 29.2 Å². The lowest BCUT2D eigenvalue weighted by Gasteiger charge is -2.37. The normalized spacial score (nSPS) is 16.2. The number of halogens is 3. The minimum atomic E-state index is -0.418. The van der Waals surface area contributed by atoms with E-state index in [2.05, 4.69) is 23.1 Å². The fraction of sp³-hybridized carbons (Fsp3) is 0.293. The summed E-state index contributed by atoms with van der Waals surface area (Å²) < 4.78 is 37.2. The second-order valence-corrected chi connectivity index (χ2v) is 27.3. The van der Waals surface area contributed by atoms with E-state index in [-0.39, 0.29) is 76.4 Å². The third-order valence-electron chi connectivity index (χ3n) is 18.8. The molecule has 1 unspecified atom stereocenters. The largest absolute Gasteiger partial charge is 0.368 e. The molecule has 4 saturated heterocycles. The van der Waals surface area contributed by atoms with Gasteiger partial charge in [-0.05, 0) is 120 Å². The molecule has 15 rings (SSSR count). The SMILES string of the molecule is N#Cc1c(N2CCN(C(=O)C3CCCO3)CC2)c2ccccc2n(Cc2ccc(F)cc2)c1=O.N#Cc1c(N2CCN(C(=O)c3cccs3)CC2)c2cc(Cl)ccc2n(Cc2ccc(F)cc2)c1=O.N#Cc1c(N2CCN(C(=O)c3cccs3)CC2)c2ccccc2n(CC2CC2)c1=O. The summed E-state index contributed by atoms with van der Waals surface area (Å²) in [7, 11) is 0. The number of benzene rings is 5. The van der Waals surface area contributed by atoms with Crippen molar-refractivity contribution in [1.29, 1.82) is 15.8 Å². The van der Waals surface area contributed by atoms with Crippen molar-refractivity contribution in [2.75, 3.05) is 99.8 Å². The average Bonchev–Trinajstić information content (AvgIpc) is 1.68. The minimum absolute atomic E-state index is 0.0113. The Hall–Kier alpha value is -10.5. The lowest BCUT2D eigenvalue weighted by Crippen LogP contribution is -2.52. The van der Waals surface area contributed by atoms with Crippen LogP contribution in [0.5, 0.6) is 0 Å². The van der Waals surface area contributed by atoms with Gasteiger partial charge in [0.1, 0.15) is 52.6 Å². The number of ether oxygens (including phenoxy) is 1. The molecule has 5 fully saturated rings. The molecule has 0 N–H and O–H groups in total. The van der Waals surface area contributed by atoms with Gasteiger partial charge in [-0.3, -0.25) is 28.8 Å². The molecule has 1 atom stereocenters. The van der Waals surface area contributed by atoms with E-state index in [0.29, 0.717) is 141 Å². The second kappa shape index (κ2) is 29.7. The molecule has 5 aromatic carbocycles. The monoisotopic (exact) mass is 1380 g/mol. The van der Waals surface area contributed by atoms with Crippen molar-refractivity contribution in [3.05, 3.63) is 236 Å². The lowest BCUT2D eigenvalue weighted by atomic mass is 10.1. The first-order chi connectivity index (χ1) is 48.2. The number of nitriles is 3. The maximum atomic E-state index is 13.5. The summed E-state index contributed by atoms with van der Waals surface area (Å²) >= 11 is 9.19. The molecule has 1 saturated carbocycles. The van der Waals surface area contributed by atoms with Gasteiger partial charge in [0, 0.05) is 113 Å². The van der Waals surface area contributed by atoms with Gasteiger partial charge in [0.05, 0.1) is 56.5 Å². The van der Waals surface area contributed by atoms with Gasteiger partial charge in [0.15, 0.2) is 0 Å². The number of para-hydroxylation sites is 2.